The summed E-state index contributed by atoms with van der Waals surface area (Å²) in [6.07, 6.45) is 2.48. The van der Waals surface area contributed by atoms with E-state index in [9.17, 15) is 24.1 Å². The molecule has 2 aromatic carbocycles. The Kier molecular flexibility index (Phi) is 5.87. The summed E-state index contributed by atoms with van der Waals surface area (Å²) in [6.45, 7) is 0.460. The molecule has 9 nitrogen and oxygen atoms in total. The van der Waals surface area contributed by atoms with Crippen molar-refractivity contribution < 1.29 is 18.5 Å². The van der Waals surface area contributed by atoms with Crippen LogP contribution < -0.4 is 5.76 Å². The Balaban J connectivity index is 1.46. The van der Waals surface area contributed by atoms with Gasteiger partial charge in [0.25, 0.3) is 11.6 Å². The highest BCUT2D eigenvalue weighted by Crippen LogP contribution is 2.29. The second-order valence-electron chi connectivity index (χ2n) is 7.08. The van der Waals surface area contributed by atoms with Gasteiger partial charge in [-0.15, -0.1) is 5.10 Å². The van der Waals surface area contributed by atoms with Gasteiger partial charge in [-0.3, -0.25) is 14.9 Å². The maximum absolute atomic E-state index is 13.1. The molecule has 2 heterocycles. The van der Waals surface area contributed by atoms with E-state index in [-0.39, 0.29) is 40.4 Å². The molecule has 3 aromatic rings. The van der Waals surface area contributed by atoms with Crippen molar-refractivity contribution in [2.75, 3.05) is 13.1 Å². The zero-order valence-electron chi connectivity index (χ0n) is 16.5. The molecule has 0 aliphatic carbocycles. The average Bonchev–Trinajstić information content (AvgIpc) is 3.14. The van der Waals surface area contributed by atoms with E-state index in [2.05, 4.69) is 5.10 Å². The van der Waals surface area contributed by atoms with Gasteiger partial charge in [0.1, 0.15) is 12.4 Å². The molecule has 0 bridgehead atoms. The molecule has 0 saturated heterocycles. The zero-order chi connectivity index (χ0) is 22.8. The van der Waals surface area contributed by atoms with Gasteiger partial charge in [-0.25, -0.2) is 9.18 Å². The molecule has 164 valence electrons. The third-order valence-electron chi connectivity index (χ3n) is 5.06. The minimum Gasteiger partial charge on any atom is -0.388 e. The predicted molar refractivity (Wildman–Crippen MR) is 113 cm³/mol. The summed E-state index contributed by atoms with van der Waals surface area (Å²) in [6, 6.07) is 9.82. The third kappa shape index (κ3) is 4.45. The zero-order valence-corrected chi connectivity index (χ0v) is 17.3. The summed E-state index contributed by atoms with van der Waals surface area (Å²) < 4.78 is 19.1. The molecule has 1 aliphatic rings. The Bertz CT molecular complexity index is 1280. The molecule has 0 radical (unpaired) electrons. The lowest BCUT2D eigenvalue weighted by atomic mass is 9.99. The molecular weight excluding hydrogens is 443 g/mol. The number of nitro benzene ring substituents is 1. The van der Waals surface area contributed by atoms with Crippen LogP contribution in [0.25, 0.3) is 17.0 Å². The normalized spacial score (nSPS) is 13.7. The number of rotatable bonds is 5. The quantitative estimate of drug-likeness (QED) is 0.427. The number of hydrogen-bond donors (Lipinski definition) is 0. The monoisotopic (exact) mass is 458 g/mol. The first-order valence-electron chi connectivity index (χ1n) is 9.57. The van der Waals surface area contributed by atoms with Gasteiger partial charge in [0.05, 0.1) is 15.5 Å². The van der Waals surface area contributed by atoms with E-state index in [1.807, 2.05) is 6.08 Å². The fourth-order valence-electron chi connectivity index (χ4n) is 3.36. The van der Waals surface area contributed by atoms with Crippen LogP contribution in [0.5, 0.6) is 0 Å². The molecule has 1 aliphatic heterocycles. The van der Waals surface area contributed by atoms with Crippen molar-refractivity contribution >= 4 is 28.8 Å². The summed E-state index contributed by atoms with van der Waals surface area (Å²) in [5.74, 6) is -1.62. The smallest absolute Gasteiger partial charge is 0.388 e. The molecule has 4 rings (SSSR count). The topological polar surface area (TPSA) is 111 Å². The van der Waals surface area contributed by atoms with Gasteiger partial charge in [-0.2, -0.15) is 4.68 Å². The highest BCUT2D eigenvalue weighted by Gasteiger charge is 2.22. The largest absolute Gasteiger partial charge is 0.437 e. The fraction of sp³-hybridized carbons (Fsp3) is 0.190. The first-order valence-corrected chi connectivity index (χ1v) is 9.94. The number of nitro groups is 1. The van der Waals surface area contributed by atoms with E-state index in [1.54, 1.807) is 17.0 Å². The number of hydrogen-bond acceptors (Lipinski definition) is 6. The highest BCUT2D eigenvalue weighted by molar-refractivity contribution is 6.33. The Morgan fingerprint density at radius 1 is 1.25 bits per heavy atom. The van der Waals surface area contributed by atoms with E-state index in [0.717, 1.165) is 21.9 Å². The second-order valence-corrected chi connectivity index (χ2v) is 7.49. The van der Waals surface area contributed by atoms with E-state index in [0.29, 0.717) is 19.5 Å². The van der Waals surface area contributed by atoms with Crippen molar-refractivity contribution in [3.63, 3.8) is 0 Å². The SMILES string of the molecule is O=C(Cn1nc(-c2ccc([N+](=O)[O-])cc2Cl)oc1=O)N1CC=C(c2ccc(F)cc2)CC1. The molecule has 32 heavy (non-hydrogen) atoms. The van der Waals surface area contributed by atoms with Crippen molar-refractivity contribution in [3.8, 4) is 11.5 Å². The lowest BCUT2D eigenvalue weighted by molar-refractivity contribution is -0.384. The number of halogens is 2. The van der Waals surface area contributed by atoms with Gasteiger partial charge in [0, 0.05) is 25.2 Å². The van der Waals surface area contributed by atoms with Crippen molar-refractivity contribution in [1.82, 2.24) is 14.7 Å². The van der Waals surface area contributed by atoms with Crippen LogP contribution in [0.3, 0.4) is 0 Å². The number of non-ortho nitro benzene ring substituents is 1. The Hall–Kier alpha value is -3.79. The van der Waals surface area contributed by atoms with Crippen LogP contribution in [0.4, 0.5) is 10.1 Å². The second kappa shape index (κ2) is 8.75. The number of benzene rings is 2. The first kappa shape index (κ1) is 21.4. The summed E-state index contributed by atoms with van der Waals surface area (Å²) in [5.41, 5.74) is 1.90. The molecule has 0 unspecified atom stereocenters. The molecule has 11 heteroatoms. The van der Waals surface area contributed by atoms with Crippen LogP contribution in [0.2, 0.25) is 5.02 Å². The van der Waals surface area contributed by atoms with Crippen LogP contribution in [0.1, 0.15) is 12.0 Å². The van der Waals surface area contributed by atoms with E-state index >= 15 is 0 Å². The summed E-state index contributed by atoms with van der Waals surface area (Å²) in [4.78, 5) is 36.6. The van der Waals surface area contributed by atoms with Crippen molar-refractivity contribution in [2.45, 2.75) is 13.0 Å². The van der Waals surface area contributed by atoms with Crippen LogP contribution in [0.15, 0.2) is 57.8 Å². The number of amides is 1. The maximum Gasteiger partial charge on any atom is 0.437 e. The average molecular weight is 459 g/mol. The Morgan fingerprint density at radius 3 is 2.62 bits per heavy atom. The van der Waals surface area contributed by atoms with Gasteiger partial charge in [0.15, 0.2) is 0 Å². The van der Waals surface area contributed by atoms with Crippen LogP contribution in [-0.4, -0.2) is 38.6 Å². The first-order chi connectivity index (χ1) is 15.3. The number of aromatic nitrogens is 2. The molecule has 1 aromatic heterocycles. The lowest BCUT2D eigenvalue weighted by Gasteiger charge is -2.26. The van der Waals surface area contributed by atoms with E-state index in [1.165, 1.54) is 24.3 Å². The Morgan fingerprint density at radius 2 is 2.00 bits per heavy atom. The van der Waals surface area contributed by atoms with Crippen molar-refractivity contribution in [3.05, 3.63) is 85.6 Å². The van der Waals surface area contributed by atoms with E-state index in [4.69, 9.17) is 16.0 Å². The molecule has 0 N–H and O–H groups in total. The maximum atomic E-state index is 13.1. The highest BCUT2D eigenvalue weighted by atomic mass is 35.5. The number of carbonyl (C=O) groups excluding carboxylic acids is 1. The fourth-order valence-corrected chi connectivity index (χ4v) is 3.61. The summed E-state index contributed by atoms with van der Waals surface area (Å²) in [5, 5.41) is 14.8. The predicted octanol–water partition coefficient (Wildman–Crippen LogP) is 3.52. The standard InChI is InChI=1S/C21H16ClFN4O5/c22-18-11-16(27(30)31)5-6-17(18)20-24-26(21(29)32-20)12-19(28)25-9-7-14(8-10-25)13-1-3-15(23)4-2-13/h1-7,11H,8-10,12H2. The summed E-state index contributed by atoms with van der Waals surface area (Å²) >= 11 is 6.05. The molecular formula is C21H16ClFN4O5. The van der Waals surface area contributed by atoms with Crippen molar-refractivity contribution in [1.29, 1.82) is 0 Å². The number of nitrogens with zero attached hydrogens (tertiary/aromatic N) is 4. The van der Waals surface area contributed by atoms with Gasteiger partial charge < -0.3 is 9.32 Å². The molecule has 0 saturated carbocycles. The van der Waals surface area contributed by atoms with Gasteiger partial charge in [-0.05, 0) is 35.8 Å². The molecule has 0 spiro atoms. The third-order valence-corrected chi connectivity index (χ3v) is 5.37. The van der Waals surface area contributed by atoms with Crippen LogP contribution in [0, 0.1) is 15.9 Å². The molecule has 1 amide bonds. The summed E-state index contributed by atoms with van der Waals surface area (Å²) in [7, 11) is 0. The number of carbonyl (C=O) groups is 1. The van der Waals surface area contributed by atoms with Crippen molar-refractivity contribution in [2.24, 2.45) is 0 Å². The molecule has 0 atom stereocenters. The minimum absolute atomic E-state index is 0.00610. The van der Waals surface area contributed by atoms with Crippen LogP contribution in [-0.2, 0) is 11.3 Å². The minimum atomic E-state index is -0.845. The van der Waals surface area contributed by atoms with Gasteiger partial charge in [-0.1, -0.05) is 29.8 Å². The van der Waals surface area contributed by atoms with Crippen LogP contribution >= 0.6 is 11.6 Å². The van der Waals surface area contributed by atoms with Gasteiger partial charge in [0.2, 0.25) is 5.91 Å². The van der Waals surface area contributed by atoms with E-state index < -0.39 is 10.7 Å². The van der Waals surface area contributed by atoms with Gasteiger partial charge >= 0.3 is 5.76 Å². The Labute approximate surface area is 185 Å². The molecule has 0 fully saturated rings. The lowest BCUT2D eigenvalue weighted by Crippen LogP contribution is -2.38.